The molecule has 4 aromatic rings. The average Bonchev–Trinajstić information content (AvgIpc) is 2.93. The maximum absolute atomic E-state index is 13.0. The fraction of sp³-hybridized carbons (Fsp3) is 0.241. The number of carboxylic acid groups (broad SMARTS) is 1. The van der Waals surface area contributed by atoms with Gasteiger partial charge < -0.3 is 20.5 Å². The summed E-state index contributed by atoms with van der Waals surface area (Å²) in [6, 6.07) is 20.1. The number of carboxylic acids is 1. The molecule has 0 aliphatic carbocycles. The zero-order valence-corrected chi connectivity index (χ0v) is 23.0. The van der Waals surface area contributed by atoms with Crippen molar-refractivity contribution in [2.75, 3.05) is 16.4 Å². The lowest BCUT2D eigenvalue weighted by atomic mass is 10.2. The highest BCUT2D eigenvalue weighted by atomic mass is 32.2. The van der Waals surface area contributed by atoms with Crippen molar-refractivity contribution in [3.63, 3.8) is 0 Å². The number of alkyl halides is 3. The van der Waals surface area contributed by atoms with Crippen molar-refractivity contribution in [2.24, 2.45) is 0 Å². The van der Waals surface area contributed by atoms with Crippen LogP contribution in [0.15, 0.2) is 78.9 Å². The molecule has 0 aliphatic rings. The van der Waals surface area contributed by atoms with E-state index in [1.54, 1.807) is 24.3 Å². The molecule has 0 amide bonds. The number of ether oxygens (including phenoxy) is 1. The highest BCUT2D eigenvalue weighted by molar-refractivity contribution is 7.98. The summed E-state index contributed by atoms with van der Waals surface area (Å²) in [7, 11) is 0. The second-order valence-corrected chi connectivity index (χ2v) is 10.3. The molecule has 0 aliphatic heterocycles. The predicted octanol–water partition coefficient (Wildman–Crippen LogP) is 6.89. The van der Waals surface area contributed by atoms with Crippen LogP contribution >= 0.6 is 11.8 Å². The Kier molecular flexibility index (Phi) is 9.66. The zero-order chi connectivity index (χ0) is 29.4. The molecule has 0 saturated heterocycles. The number of thioether (sulfide) groups is 1. The molecule has 1 heterocycles. The van der Waals surface area contributed by atoms with Gasteiger partial charge in [0.2, 0.25) is 11.9 Å². The smallest absolute Gasteiger partial charge is 0.416 e. The predicted molar refractivity (Wildman–Crippen MR) is 153 cm³/mol. The monoisotopic (exact) mass is 583 g/mol. The number of nitrogens with one attached hydrogen (secondary N) is 2. The number of hydrogen-bond acceptors (Lipinski definition) is 8. The molecule has 1 aromatic heterocycles. The molecule has 0 bridgehead atoms. The lowest BCUT2D eigenvalue weighted by Gasteiger charge is -2.16. The van der Waals surface area contributed by atoms with Gasteiger partial charge in [0.25, 0.3) is 0 Å². The van der Waals surface area contributed by atoms with E-state index in [2.05, 4.69) is 25.6 Å². The highest BCUT2D eigenvalue weighted by Crippen LogP contribution is 2.30. The molecule has 41 heavy (non-hydrogen) atoms. The molecule has 0 fully saturated rings. The van der Waals surface area contributed by atoms with Gasteiger partial charge in [-0.2, -0.15) is 39.9 Å². The lowest BCUT2D eigenvalue weighted by molar-refractivity contribution is -0.138. The van der Waals surface area contributed by atoms with Crippen molar-refractivity contribution in [1.29, 1.82) is 0 Å². The summed E-state index contributed by atoms with van der Waals surface area (Å²) < 4.78 is 44.7. The van der Waals surface area contributed by atoms with Crippen molar-refractivity contribution in [3.8, 4) is 17.1 Å². The number of rotatable bonds is 12. The summed E-state index contributed by atoms with van der Waals surface area (Å²) in [6.07, 6.45) is -4.48. The molecule has 1 atom stereocenters. The molecule has 0 radical (unpaired) electrons. The summed E-state index contributed by atoms with van der Waals surface area (Å²) in [5.41, 5.74) is 1.20. The number of aromatic nitrogens is 3. The Bertz CT molecular complexity index is 1440. The van der Waals surface area contributed by atoms with Crippen molar-refractivity contribution in [2.45, 2.75) is 37.9 Å². The molecule has 214 valence electrons. The molecule has 0 spiro atoms. The molecule has 1 unspecified atom stereocenters. The molecule has 8 nitrogen and oxygen atoms in total. The van der Waals surface area contributed by atoms with Crippen LogP contribution < -0.4 is 15.4 Å². The van der Waals surface area contributed by atoms with E-state index >= 15 is 0 Å². The van der Waals surface area contributed by atoms with E-state index in [9.17, 15) is 23.1 Å². The number of nitrogens with zero attached hydrogens (tertiary/aromatic N) is 3. The van der Waals surface area contributed by atoms with E-state index in [1.807, 2.05) is 44.2 Å². The van der Waals surface area contributed by atoms with Crippen LogP contribution in [0.1, 0.15) is 25.0 Å². The number of benzene rings is 3. The van der Waals surface area contributed by atoms with Gasteiger partial charge in [-0.25, -0.2) is 4.79 Å². The lowest BCUT2D eigenvalue weighted by Crippen LogP contribution is -2.32. The van der Waals surface area contributed by atoms with Crippen LogP contribution in [0.4, 0.5) is 30.8 Å². The second kappa shape index (κ2) is 13.4. The van der Waals surface area contributed by atoms with Gasteiger partial charge >= 0.3 is 12.1 Å². The van der Waals surface area contributed by atoms with Gasteiger partial charge in [-0.05, 0) is 67.9 Å². The Morgan fingerprint density at radius 3 is 2.20 bits per heavy atom. The molecule has 3 N–H and O–H groups in total. The largest absolute Gasteiger partial charge is 0.491 e. The van der Waals surface area contributed by atoms with Crippen molar-refractivity contribution < 1.29 is 27.8 Å². The fourth-order valence-electron chi connectivity index (χ4n) is 3.65. The zero-order valence-electron chi connectivity index (χ0n) is 22.2. The standard InChI is InChI=1S/C29H28F3N5O3S/c1-18(2)40-23-14-8-20(9-15-23)25-35-27(33-22-12-10-21(11-13-22)29(30,31)32)37-28(36-25)34-24(26(38)39)17-41-16-19-6-4-3-5-7-19/h3-15,18,24H,16-17H2,1-2H3,(H,38,39)(H2,33,34,35,36,37). The number of anilines is 3. The van der Waals surface area contributed by atoms with E-state index in [1.165, 1.54) is 23.9 Å². The minimum absolute atomic E-state index is 0.000343. The third-order valence-electron chi connectivity index (χ3n) is 5.59. The van der Waals surface area contributed by atoms with Crippen molar-refractivity contribution >= 4 is 35.3 Å². The van der Waals surface area contributed by atoms with Crippen molar-refractivity contribution in [1.82, 2.24) is 15.0 Å². The van der Waals surface area contributed by atoms with Gasteiger partial charge in [0, 0.05) is 22.8 Å². The molecule has 12 heteroatoms. The first kappa shape index (κ1) is 29.7. The summed E-state index contributed by atoms with van der Waals surface area (Å²) in [5, 5.41) is 15.6. The van der Waals surface area contributed by atoms with Crippen LogP contribution in [0.3, 0.4) is 0 Å². The third-order valence-corrected chi connectivity index (χ3v) is 6.69. The van der Waals surface area contributed by atoms with Crippen molar-refractivity contribution in [3.05, 3.63) is 90.0 Å². The minimum Gasteiger partial charge on any atom is -0.491 e. The van der Waals surface area contributed by atoms with Crippen LogP contribution in [0.2, 0.25) is 0 Å². The fourth-order valence-corrected chi connectivity index (χ4v) is 4.66. The minimum atomic E-state index is -4.47. The number of carbonyl (C=O) groups is 1. The summed E-state index contributed by atoms with van der Waals surface area (Å²) in [4.78, 5) is 25.2. The SMILES string of the molecule is CC(C)Oc1ccc(-c2nc(Nc3ccc(C(F)(F)F)cc3)nc(NC(CSCc3ccccc3)C(=O)O)n2)cc1. The highest BCUT2D eigenvalue weighted by Gasteiger charge is 2.30. The van der Waals surface area contributed by atoms with Crippen LogP contribution in [-0.2, 0) is 16.7 Å². The van der Waals surface area contributed by atoms with E-state index in [0.29, 0.717) is 22.8 Å². The maximum Gasteiger partial charge on any atom is 0.416 e. The number of aliphatic carboxylic acids is 1. The quantitative estimate of drug-likeness (QED) is 0.164. The third kappa shape index (κ3) is 8.84. The first-order chi connectivity index (χ1) is 19.6. The number of hydrogen-bond donors (Lipinski definition) is 3. The van der Waals surface area contributed by atoms with Gasteiger partial charge in [0.15, 0.2) is 5.82 Å². The Labute approximate surface area is 239 Å². The van der Waals surface area contributed by atoms with Crippen LogP contribution in [0.5, 0.6) is 5.75 Å². The Balaban J connectivity index is 1.59. The Hall–Kier alpha value is -4.32. The van der Waals surface area contributed by atoms with Gasteiger partial charge in [-0.3, -0.25) is 0 Å². The van der Waals surface area contributed by atoms with Crippen LogP contribution in [-0.4, -0.2) is 43.9 Å². The maximum atomic E-state index is 13.0. The van der Waals surface area contributed by atoms with Gasteiger partial charge in [0.1, 0.15) is 11.8 Å². The normalized spacial score (nSPS) is 12.1. The average molecular weight is 584 g/mol. The Morgan fingerprint density at radius 1 is 0.927 bits per heavy atom. The second-order valence-electron chi connectivity index (χ2n) is 9.23. The van der Waals surface area contributed by atoms with Gasteiger partial charge in [-0.1, -0.05) is 30.3 Å². The van der Waals surface area contributed by atoms with E-state index in [0.717, 1.165) is 17.7 Å². The van der Waals surface area contributed by atoms with E-state index in [4.69, 9.17) is 4.74 Å². The van der Waals surface area contributed by atoms with Crippen LogP contribution in [0.25, 0.3) is 11.4 Å². The molecule has 0 saturated carbocycles. The molecular weight excluding hydrogens is 555 g/mol. The Morgan fingerprint density at radius 2 is 1.59 bits per heavy atom. The van der Waals surface area contributed by atoms with Gasteiger partial charge in [0.05, 0.1) is 11.7 Å². The molecule has 4 rings (SSSR count). The molecular formula is C29H28F3N5O3S. The van der Waals surface area contributed by atoms with Gasteiger partial charge in [-0.15, -0.1) is 0 Å². The first-order valence-electron chi connectivity index (χ1n) is 12.7. The topological polar surface area (TPSA) is 109 Å². The van der Waals surface area contributed by atoms with Crippen LogP contribution in [0, 0.1) is 0 Å². The van der Waals surface area contributed by atoms with E-state index < -0.39 is 23.8 Å². The summed E-state index contributed by atoms with van der Waals surface area (Å²) >= 11 is 1.44. The summed E-state index contributed by atoms with van der Waals surface area (Å²) in [6.45, 7) is 3.82. The first-order valence-corrected chi connectivity index (χ1v) is 13.8. The van der Waals surface area contributed by atoms with E-state index in [-0.39, 0.29) is 29.6 Å². The number of halogens is 3. The summed E-state index contributed by atoms with van der Waals surface area (Å²) in [5.74, 6) is 0.684. The molecule has 3 aromatic carbocycles.